The summed E-state index contributed by atoms with van der Waals surface area (Å²) in [7, 11) is 5.85. The van der Waals surface area contributed by atoms with Gasteiger partial charge in [0.1, 0.15) is 5.75 Å². The standard InChI is InChI=1S/C22H38N6O.HI/c1-23-22(24-10-6-12-26-13-7-11-25(2)14-15-26)28-18-16-27(17-19-28)20-8-4-5-9-21(20)29-3;/h4-5,8-9H,6-7,10-19H2,1-3H3,(H,23,24);1H. The molecule has 0 unspecified atom stereocenters. The summed E-state index contributed by atoms with van der Waals surface area (Å²) in [5.41, 5.74) is 1.18. The molecule has 0 aliphatic carbocycles. The fraction of sp³-hybridized carbons (Fsp3) is 0.682. The number of methoxy groups -OCH3 is 1. The number of benzene rings is 1. The molecule has 2 heterocycles. The number of anilines is 1. The maximum Gasteiger partial charge on any atom is 0.193 e. The molecule has 8 heteroatoms. The zero-order chi connectivity index (χ0) is 20.5. The van der Waals surface area contributed by atoms with Crippen LogP contribution in [0.3, 0.4) is 0 Å². The third-order valence-corrected chi connectivity index (χ3v) is 5.96. The Kier molecular flexibility index (Phi) is 11.0. The largest absolute Gasteiger partial charge is 0.495 e. The van der Waals surface area contributed by atoms with Gasteiger partial charge in [0.15, 0.2) is 5.96 Å². The number of rotatable bonds is 6. The summed E-state index contributed by atoms with van der Waals surface area (Å²) in [4.78, 5) is 14.3. The van der Waals surface area contributed by atoms with Crippen molar-refractivity contribution in [2.24, 2.45) is 4.99 Å². The first-order chi connectivity index (χ1) is 14.2. The van der Waals surface area contributed by atoms with Crippen molar-refractivity contribution in [2.75, 3.05) is 91.6 Å². The van der Waals surface area contributed by atoms with Crippen LogP contribution in [-0.2, 0) is 0 Å². The minimum Gasteiger partial charge on any atom is -0.495 e. The van der Waals surface area contributed by atoms with Crippen LogP contribution in [0.15, 0.2) is 29.3 Å². The lowest BCUT2D eigenvalue weighted by atomic mass is 10.2. The fourth-order valence-electron chi connectivity index (χ4n) is 4.21. The van der Waals surface area contributed by atoms with Crippen LogP contribution in [-0.4, -0.2) is 107 Å². The third kappa shape index (κ3) is 7.16. The first kappa shape index (κ1) is 25.0. The lowest BCUT2D eigenvalue weighted by molar-refractivity contribution is 0.273. The topological polar surface area (TPSA) is 46.6 Å². The average Bonchev–Trinajstić information content (AvgIpc) is 2.98. The third-order valence-electron chi connectivity index (χ3n) is 5.96. The number of hydrogen-bond donors (Lipinski definition) is 1. The molecular formula is C22H39IN6O. The second-order valence-corrected chi connectivity index (χ2v) is 7.97. The summed E-state index contributed by atoms with van der Waals surface area (Å²) >= 11 is 0. The van der Waals surface area contributed by atoms with Crippen molar-refractivity contribution in [3.05, 3.63) is 24.3 Å². The van der Waals surface area contributed by atoms with Crippen LogP contribution in [0.2, 0.25) is 0 Å². The van der Waals surface area contributed by atoms with Crippen molar-refractivity contribution in [3.63, 3.8) is 0 Å². The van der Waals surface area contributed by atoms with E-state index in [9.17, 15) is 0 Å². The molecule has 2 saturated heterocycles. The normalized spacial score (nSPS) is 19.2. The summed E-state index contributed by atoms with van der Waals surface area (Å²) in [6, 6.07) is 8.27. The number of likely N-dealkylation sites (N-methyl/N-ethyl adjacent to an activating group) is 1. The highest BCUT2D eigenvalue weighted by Gasteiger charge is 2.21. The average molecular weight is 530 g/mol. The SMILES string of the molecule is CN=C(NCCCN1CCCN(C)CC1)N1CCN(c2ccccc2OC)CC1.I. The molecule has 2 aliphatic heterocycles. The molecule has 0 aromatic heterocycles. The van der Waals surface area contributed by atoms with Crippen molar-refractivity contribution in [3.8, 4) is 5.75 Å². The highest BCUT2D eigenvalue weighted by atomic mass is 127. The lowest BCUT2D eigenvalue weighted by Crippen LogP contribution is -2.52. The summed E-state index contributed by atoms with van der Waals surface area (Å²) in [6.45, 7) is 10.9. The summed E-state index contributed by atoms with van der Waals surface area (Å²) < 4.78 is 5.53. The van der Waals surface area contributed by atoms with Crippen LogP contribution in [0, 0.1) is 0 Å². The van der Waals surface area contributed by atoms with Gasteiger partial charge < -0.3 is 29.7 Å². The smallest absolute Gasteiger partial charge is 0.193 e. The minimum atomic E-state index is 0. The minimum absolute atomic E-state index is 0. The quantitative estimate of drug-likeness (QED) is 0.263. The zero-order valence-electron chi connectivity index (χ0n) is 18.8. The Morgan fingerprint density at radius 1 is 1.03 bits per heavy atom. The molecule has 1 aromatic carbocycles. The zero-order valence-corrected chi connectivity index (χ0v) is 21.2. The number of guanidine groups is 1. The Bertz CT molecular complexity index is 650. The number of nitrogens with zero attached hydrogens (tertiary/aromatic N) is 5. The molecular weight excluding hydrogens is 491 g/mol. The summed E-state index contributed by atoms with van der Waals surface area (Å²) in [5, 5.41) is 3.58. The fourth-order valence-corrected chi connectivity index (χ4v) is 4.21. The van der Waals surface area contributed by atoms with Gasteiger partial charge in [-0.25, -0.2) is 0 Å². The Labute approximate surface area is 199 Å². The molecule has 0 atom stereocenters. The van der Waals surface area contributed by atoms with E-state index < -0.39 is 0 Å². The second kappa shape index (κ2) is 13.2. The van der Waals surface area contributed by atoms with Gasteiger partial charge in [-0.3, -0.25) is 4.99 Å². The molecule has 3 rings (SSSR count). The molecule has 30 heavy (non-hydrogen) atoms. The highest BCUT2D eigenvalue weighted by molar-refractivity contribution is 14.0. The van der Waals surface area contributed by atoms with Gasteiger partial charge in [0.25, 0.3) is 0 Å². The van der Waals surface area contributed by atoms with Crippen LogP contribution in [0.5, 0.6) is 5.75 Å². The van der Waals surface area contributed by atoms with Crippen LogP contribution in [0.25, 0.3) is 0 Å². The molecule has 7 nitrogen and oxygen atoms in total. The molecule has 2 aliphatic rings. The number of aliphatic imine (C=N–C) groups is 1. The van der Waals surface area contributed by atoms with Crippen LogP contribution in [0.1, 0.15) is 12.8 Å². The Balaban J connectivity index is 0.00000320. The first-order valence-corrected chi connectivity index (χ1v) is 11.0. The van der Waals surface area contributed by atoms with E-state index in [1.54, 1.807) is 7.11 Å². The maximum absolute atomic E-state index is 5.53. The second-order valence-electron chi connectivity index (χ2n) is 7.97. The summed E-state index contributed by atoms with van der Waals surface area (Å²) in [5.74, 6) is 1.98. The van der Waals surface area contributed by atoms with Gasteiger partial charge in [-0.2, -0.15) is 0 Å². The number of piperazine rings is 1. The predicted octanol–water partition coefficient (Wildman–Crippen LogP) is 2.04. The number of hydrogen-bond acceptors (Lipinski definition) is 5. The Hall–Kier alpha value is -1.26. The van der Waals surface area contributed by atoms with Crippen molar-refractivity contribution in [1.82, 2.24) is 20.0 Å². The monoisotopic (exact) mass is 530 g/mol. The van der Waals surface area contributed by atoms with E-state index in [1.807, 2.05) is 19.2 Å². The predicted molar refractivity (Wildman–Crippen MR) is 137 cm³/mol. The number of ether oxygens (including phenoxy) is 1. The van der Waals surface area contributed by atoms with Crippen LogP contribution < -0.4 is 15.0 Å². The van der Waals surface area contributed by atoms with Gasteiger partial charge in [-0.05, 0) is 51.7 Å². The van der Waals surface area contributed by atoms with E-state index in [0.717, 1.165) is 50.9 Å². The van der Waals surface area contributed by atoms with E-state index >= 15 is 0 Å². The molecule has 0 saturated carbocycles. The molecule has 0 spiro atoms. The number of para-hydroxylation sites is 2. The van der Waals surface area contributed by atoms with Gasteiger partial charge in [0.05, 0.1) is 12.8 Å². The van der Waals surface area contributed by atoms with Crippen molar-refractivity contribution in [2.45, 2.75) is 12.8 Å². The first-order valence-electron chi connectivity index (χ1n) is 11.0. The summed E-state index contributed by atoms with van der Waals surface area (Å²) in [6.07, 6.45) is 2.44. The van der Waals surface area contributed by atoms with Crippen LogP contribution >= 0.6 is 24.0 Å². The van der Waals surface area contributed by atoms with E-state index in [2.05, 4.69) is 49.1 Å². The molecule has 2 fully saturated rings. The van der Waals surface area contributed by atoms with Crippen molar-refractivity contribution >= 4 is 35.6 Å². The van der Waals surface area contributed by atoms with E-state index in [1.165, 1.54) is 44.8 Å². The van der Waals surface area contributed by atoms with E-state index in [4.69, 9.17) is 4.74 Å². The maximum atomic E-state index is 5.53. The van der Waals surface area contributed by atoms with Gasteiger partial charge in [0.2, 0.25) is 0 Å². The number of nitrogens with one attached hydrogen (secondary N) is 1. The van der Waals surface area contributed by atoms with Gasteiger partial charge in [-0.1, -0.05) is 12.1 Å². The molecule has 1 aromatic rings. The van der Waals surface area contributed by atoms with Gasteiger partial charge in [0, 0.05) is 52.9 Å². The van der Waals surface area contributed by atoms with E-state index in [0.29, 0.717) is 0 Å². The molecule has 170 valence electrons. The van der Waals surface area contributed by atoms with Crippen LogP contribution in [0.4, 0.5) is 5.69 Å². The van der Waals surface area contributed by atoms with Crippen molar-refractivity contribution in [1.29, 1.82) is 0 Å². The molecule has 0 amide bonds. The highest BCUT2D eigenvalue weighted by Crippen LogP contribution is 2.28. The molecule has 0 bridgehead atoms. The lowest BCUT2D eigenvalue weighted by Gasteiger charge is -2.38. The number of halogens is 1. The Morgan fingerprint density at radius 2 is 1.80 bits per heavy atom. The van der Waals surface area contributed by atoms with Crippen molar-refractivity contribution < 1.29 is 4.74 Å². The van der Waals surface area contributed by atoms with E-state index in [-0.39, 0.29) is 24.0 Å². The molecule has 0 radical (unpaired) electrons. The molecule has 1 N–H and O–H groups in total. The van der Waals surface area contributed by atoms with Gasteiger partial charge >= 0.3 is 0 Å². The Morgan fingerprint density at radius 3 is 2.53 bits per heavy atom. The van der Waals surface area contributed by atoms with Gasteiger partial charge in [-0.15, -0.1) is 24.0 Å².